The van der Waals surface area contributed by atoms with E-state index in [-0.39, 0.29) is 0 Å². The fourth-order valence-corrected chi connectivity index (χ4v) is 1.57. The third kappa shape index (κ3) is 6.22. The molecular formula is C15H22N2O3. The highest BCUT2D eigenvalue weighted by Crippen LogP contribution is 2.16. The first-order chi connectivity index (χ1) is 9.77. The molecule has 0 aliphatic carbocycles. The van der Waals surface area contributed by atoms with Gasteiger partial charge in [-0.25, -0.2) is 10.2 Å². The van der Waals surface area contributed by atoms with Crippen LogP contribution in [0.4, 0.5) is 4.79 Å². The van der Waals surface area contributed by atoms with E-state index in [0.717, 1.165) is 30.6 Å². The molecule has 1 aromatic carbocycles. The zero-order chi connectivity index (χ0) is 14.6. The predicted molar refractivity (Wildman–Crippen MR) is 79.2 cm³/mol. The second-order valence-electron chi connectivity index (χ2n) is 4.18. The molecule has 0 aliphatic rings. The topological polar surface area (TPSA) is 59.9 Å². The second kappa shape index (κ2) is 9.83. The first-order valence-electron chi connectivity index (χ1n) is 6.95. The largest absolute Gasteiger partial charge is 0.493 e. The number of rotatable bonds is 8. The van der Waals surface area contributed by atoms with Gasteiger partial charge in [-0.2, -0.15) is 5.10 Å². The Balaban J connectivity index is 2.52. The first kappa shape index (κ1) is 16.0. The first-order valence-corrected chi connectivity index (χ1v) is 6.95. The number of para-hydroxylation sites is 1. The van der Waals surface area contributed by atoms with E-state index in [4.69, 9.17) is 9.47 Å². The van der Waals surface area contributed by atoms with Gasteiger partial charge in [0.15, 0.2) is 0 Å². The lowest BCUT2D eigenvalue weighted by molar-refractivity contribution is 0.152. The van der Waals surface area contributed by atoms with Crippen LogP contribution in [-0.4, -0.2) is 25.5 Å². The maximum Gasteiger partial charge on any atom is 0.427 e. The number of hydrogen-bond acceptors (Lipinski definition) is 4. The molecule has 0 unspecified atom stereocenters. The Kier molecular flexibility index (Phi) is 7.87. The molecule has 110 valence electrons. The van der Waals surface area contributed by atoms with E-state index >= 15 is 0 Å². The van der Waals surface area contributed by atoms with Gasteiger partial charge < -0.3 is 9.47 Å². The van der Waals surface area contributed by atoms with Gasteiger partial charge in [-0.05, 0) is 25.5 Å². The Labute approximate surface area is 120 Å². The van der Waals surface area contributed by atoms with Gasteiger partial charge in [-0.1, -0.05) is 31.9 Å². The standard InChI is InChI=1S/C15H22N2O3/c1-3-5-8-11-20-14-10-7-6-9-13(14)12-16-17-15(18)19-4-2/h6-7,9-10,12H,3-5,8,11H2,1-2H3,(H,17,18)/b16-12+. The summed E-state index contributed by atoms with van der Waals surface area (Å²) in [5, 5.41) is 3.84. The van der Waals surface area contributed by atoms with Gasteiger partial charge in [0.25, 0.3) is 0 Å². The third-order valence-electron chi connectivity index (χ3n) is 2.56. The Morgan fingerprint density at radius 2 is 2.10 bits per heavy atom. The molecule has 1 rings (SSSR count). The van der Waals surface area contributed by atoms with Crippen molar-refractivity contribution in [3.8, 4) is 5.75 Å². The number of benzene rings is 1. The van der Waals surface area contributed by atoms with Gasteiger partial charge in [0.2, 0.25) is 0 Å². The van der Waals surface area contributed by atoms with E-state index in [9.17, 15) is 4.79 Å². The summed E-state index contributed by atoms with van der Waals surface area (Å²) < 4.78 is 10.4. The van der Waals surface area contributed by atoms with Crippen molar-refractivity contribution in [3.05, 3.63) is 29.8 Å². The molecule has 0 spiro atoms. The highest BCUT2D eigenvalue weighted by atomic mass is 16.5. The van der Waals surface area contributed by atoms with Crippen LogP contribution in [0.2, 0.25) is 0 Å². The molecule has 5 nitrogen and oxygen atoms in total. The smallest absolute Gasteiger partial charge is 0.427 e. The number of hydrazone groups is 1. The van der Waals surface area contributed by atoms with Crippen LogP contribution in [0.1, 0.15) is 38.7 Å². The summed E-state index contributed by atoms with van der Waals surface area (Å²) in [5.74, 6) is 0.762. The molecule has 0 heterocycles. The number of amides is 1. The van der Waals surface area contributed by atoms with Gasteiger partial charge in [0.05, 0.1) is 19.4 Å². The minimum Gasteiger partial charge on any atom is -0.493 e. The lowest BCUT2D eigenvalue weighted by Crippen LogP contribution is -2.18. The molecule has 0 bridgehead atoms. The molecular weight excluding hydrogens is 256 g/mol. The maximum absolute atomic E-state index is 11.1. The van der Waals surface area contributed by atoms with Gasteiger partial charge in [-0.15, -0.1) is 0 Å². The summed E-state index contributed by atoms with van der Waals surface area (Å²) in [6, 6.07) is 7.57. The SMILES string of the molecule is CCCCCOc1ccccc1/C=N/NC(=O)OCC. The minimum atomic E-state index is -0.565. The predicted octanol–water partition coefficient (Wildman–Crippen LogP) is 3.34. The Morgan fingerprint density at radius 1 is 1.30 bits per heavy atom. The van der Waals surface area contributed by atoms with Crippen LogP contribution >= 0.6 is 0 Å². The molecule has 0 aliphatic heterocycles. The summed E-state index contributed by atoms with van der Waals surface area (Å²) in [6.45, 7) is 4.90. The molecule has 0 atom stereocenters. The van der Waals surface area contributed by atoms with E-state index in [0.29, 0.717) is 13.2 Å². The van der Waals surface area contributed by atoms with Crippen LogP contribution in [0.25, 0.3) is 0 Å². The molecule has 1 N–H and O–H groups in total. The van der Waals surface area contributed by atoms with Crippen LogP contribution in [0.3, 0.4) is 0 Å². The summed E-state index contributed by atoms with van der Waals surface area (Å²) in [5.41, 5.74) is 3.11. The van der Waals surface area contributed by atoms with Crippen LogP contribution in [0.15, 0.2) is 29.4 Å². The van der Waals surface area contributed by atoms with E-state index in [1.807, 2.05) is 24.3 Å². The van der Waals surface area contributed by atoms with Crippen molar-refractivity contribution in [1.82, 2.24) is 5.43 Å². The Morgan fingerprint density at radius 3 is 2.85 bits per heavy atom. The van der Waals surface area contributed by atoms with E-state index < -0.39 is 6.09 Å². The second-order valence-corrected chi connectivity index (χ2v) is 4.18. The van der Waals surface area contributed by atoms with Crippen molar-refractivity contribution < 1.29 is 14.3 Å². The number of unbranched alkanes of at least 4 members (excludes halogenated alkanes) is 2. The highest BCUT2D eigenvalue weighted by Gasteiger charge is 2.01. The lowest BCUT2D eigenvalue weighted by Gasteiger charge is -2.08. The van der Waals surface area contributed by atoms with Crippen LogP contribution in [0, 0.1) is 0 Å². The molecule has 0 aromatic heterocycles. The normalized spacial score (nSPS) is 10.5. The number of ether oxygens (including phenoxy) is 2. The maximum atomic E-state index is 11.1. The van der Waals surface area contributed by atoms with E-state index in [2.05, 4.69) is 17.5 Å². The summed E-state index contributed by atoms with van der Waals surface area (Å²) in [7, 11) is 0. The average molecular weight is 278 g/mol. The highest BCUT2D eigenvalue weighted by molar-refractivity contribution is 5.84. The zero-order valence-electron chi connectivity index (χ0n) is 12.1. The number of nitrogens with one attached hydrogen (secondary N) is 1. The third-order valence-corrected chi connectivity index (χ3v) is 2.56. The molecule has 0 fully saturated rings. The summed E-state index contributed by atoms with van der Waals surface area (Å²) >= 11 is 0. The summed E-state index contributed by atoms with van der Waals surface area (Å²) in [4.78, 5) is 11.1. The van der Waals surface area contributed by atoms with Crippen molar-refractivity contribution in [2.45, 2.75) is 33.1 Å². The van der Waals surface area contributed by atoms with E-state index in [1.54, 1.807) is 13.1 Å². The molecule has 0 saturated carbocycles. The number of carbonyl (C=O) groups is 1. The van der Waals surface area contributed by atoms with Gasteiger partial charge in [0, 0.05) is 5.56 Å². The molecule has 0 saturated heterocycles. The molecule has 1 amide bonds. The average Bonchev–Trinajstić information content (AvgIpc) is 2.45. The van der Waals surface area contributed by atoms with Crippen LogP contribution < -0.4 is 10.2 Å². The van der Waals surface area contributed by atoms with E-state index in [1.165, 1.54) is 0 Å². The minimum absolute atomic E-state index is 0.318. The van der Waals surface area contributed by atoms with Gasteiger partial charge >= 0.3 is 6.09 Å². The lowest BCUT2D eigenvalue weighted by atomic mass is 10.2. The van der Waals surface area contributed by atoms with Crippen molar-refractivity contribution >= 4 is 12.3 Å². The molecule has 0 radical (unpaired) electrons. The summed E-state index contributed by atoms with van der Waals surface area (Å²) in [6.07, 6.45) is 4.33. The number of carbonyl (C=O) groups excluding carboxylic acids is 1. The number of nitrogens with zero attached hydrogens (tertiary/aromatic N) is 1. The van der Waals surface area contributed by atoms with Gasteiger partial charge in [-0.3, -0.25) is 0 Å². The quantitative estimate of drug-likeness (QED) is 0.451. The number of hydrogen-bond donors (Lipinski definition) is 1. The molecule has 20 heavy (non-hydrogen) atoms. The molecule has 1 aromatic rings. The molecule has 5 heteroatoms. The van der Waals surface area contributed by atoms with Gasteiger partial charge in [0.1, 0.15) is 5.75 Å². The van der Waals surface area contributed by atoms with Crippen molar-refractivity contribution in [2.24, 2.45) is 5.10 Å². The Bertz CT molecular complexity index is 433. The van der Waals surface area contributed by atoms with Crippen LogP contribution in [0.5, 0.6) is 5.75 Å². The fourth-order valence-electron chi connectivity index (χ4n) is 1.57. The van der Waals surface area contributed by atoms with Crippen molar-refractivity contribution in [1.29, 1.82) is 0 Å². The zero-order valence-corrected chi connectivity index (χ0v) is 12.1. The monoisotopic (exact) mass is 278 g/mol. The Hall–Kier alpha value is -2.04. The van der Waals surface area contributed by atoms with Crippen LogP contribution in [-0.2, 0) is 4.74 Å². The van der Waals surface area contributed by atoms with Crippen molar-refractivity contribution in [2.75, 3.05) is 13.2 Å². The fraction of sp³-hybridized carbons (Fsp3) is 0.467. The van der Waals surface area contributed by atoms with Crippen molar-refractivity contribution in [3.63, 3.8) is 0 Å².